The van der Waals surface area contributed by atoms with Gasteiger partial charge < -0.3 is 29.9 Å². The molecular formula is C19H28N2O7. The average molecular weight is 396 g/mol. The monoisotopic (exact) mass is 396 g/mol. The van der Waals surface area contributed by atoms with E-state index in [1.54, 1.807) is 6.21 Å². The number of nitrogens with zero attached hydrogens (tertiary/aromatic N) is 1. The fraction of sp³-hybridized carbons (Fsp3) is 0.579. The second-order valence-electron chi connectivity index (χ2n) is 6.59. The van der Waals surface area contributed by atoms with Crippen LogP contribution in [0.3, 0.4) is 0 Å². The Kier molecular flexibility index (Phi) is 8.81. The van der Waals surface area contributed by atoms with E-state index in [-0.39, 0.29) is 11.7 Å². The quantitative estimate of drug-likeness (QED) is 0.227. The summed E-state index contributed by atoms with van der Waals surface area (Å²) in [5, 5.41) is 42.6. The molecule has 0 unspecified atom stereocenters. The summed E-state index contributed by atoms with van der Waals surface area (Å²) in [4.78, 5) is 12.0. The summed E-state index contributed by atoms with van der Waals surface area (Å²) in [6.07, 6.45) is -1.04. The molecule has 1 amide bonds. The Labute approximate surface area is 163 Å². The first-order valence-corrected chi connectivity index (χ1v) is 9.37. The number of hydrogen-bond donors (Lipinski definition) is 5. The first kappa shape index (κ1) is 22.3. The third kappa shape index (κ3) is 5.98. The number of hydrazone groups is 1. The lowest BCUT2D eigenvalue weighted by molar-refractivity contribution is -0.277. The smallest absolute Gasteiger partial charge is 0.271 e. The Bertz CT molecular complexity index is 636. The summed E-state index contributed by atoms with van der Waals surface area (Å²) in [6, 6.07) is 6.03. The number of carbonyl (C=O) groups is 1. The molecule has 2 rings (SSSR count). The zero-order chi connectivity index (χ0) is 20.5. The van der Waals surface area contributed by atoms with Crippen LogP contribution in [0, 0.1) is 0 Å². The lowest BCUT2D eigenvalue weighted by Gasteiger charge is -2.39. The zero-order valence-electron chi connectivity index (χ0n) is 15.8. The molecule has 9 heteroatoms. The number of amides is 1. The first-order valence-electron chi connectivity index (χ1n) is 9.37. The van der Waals surface area contributed by atoms with Gasteiger partial charge in [0.05, 0.1) is 6.61 Å². The minimum atomic E-state index is -1.52. The van der Waals surface area contributed by atoms with Crippen molar-refractivity contribution in [2.45, 2.75) is 63.3 Å². The van der Waals surface area contributed by atoms with Crippen LogP contribution < -0.4 is 10.2 Å². The molecule has 1 saturated heterocycles. The number of aliphatic hydroxyl groups is 4. The second kappa shape index (κ2) is 11.1. The van der Waals surface area contributed by atoms with Gasteiger partial charge in [-0.05, 0) is 37.1 Å². The molecule has 0 saturated carbocycles. The van der Waals surface area contributed by atoms with Crippen LogP contribution in [0.1, 0.15) is 43.0 Å². The molecule has 156 valence electrons. The van der Waals surface area contributed by atoms with Crippen LogP contribution in [-0.4, -0.2) is 69.9 Å². The third-order valence-electron chi connectivity index (χ3n) is 4.41. The summed E-state index contributed by atoms with van der Waals surface area (Å²) < 4.78 is 10.7. The van der Waals surface area contributed by atoms with Crippen molar-refractivity contribution in [3.63, 3.8) is 0 Å². The van der Waals surface area contributed by atoms with Crippen molar-refractivity contribution >= 4 is 12.1 Å². The number of benzene rings is 1. The molecule has 1 aliphatic rings. The maximum absolute atomic E-state index is 12.0. The minimum absolute atomic E-state index is 0.281. The fourth-order valence-corrected chi connectivity index (χ4v) is 2.70. The van der Waals surface area contributed by atoms with Crippen LogP contribution in [-0.2, 0) is 4.74 Å². The van der Waals surface area contributed by atoms with E-state index in [0.29, 0.717) is 5.56 Å². The van der Waals surface area contributed by atoms with Crippen molar-refractivity contribution in [3.8, 4) is 5.75 Å². The highest BCUT2D eigenvalue weighted by Gasteiger charge is 2.44. The molecule has 1 aromatic rings. The van der Waals surface area contributed by atoms with Crippen molar-refractivity contribution in [1.29, 1.82) is 0 Å². The molecule has 0 spiro atoms. The Hall–Kier alpha value is -2.04. The molecule has 5 N–H and O–H groups in total. The lowest BCUT2D eigenvalue weighted by atomic mass is 9.99. The number of unbranched alkanes of at least 4 members (excludes halogenated alkanes) is 3. The van der Waals surface area contributed by atoms with Crippen LogP contribution >= 0.6 is 0 Å². The molecule has 28 heavy (non-hydrogen) atoms. The summed E-state index contributed by atoms with van der Waals surface area (Å²) in [6.45, 7) is 1.58. The van der Waals surface area contributed by atoms with E-state index in [1.165, 1.54) is 24.3 Å². The van der Waals surface area contributed by atoms with Gasteiger partial charge in [0, 0.05) is 11.8 Å². The minimum Gasteiger partial charge on any atom is -0.462 e. The number of ether oxygens (including phenoxy) is 2. The zero-order valence-corrected chi connectivity index (χ0v) is 15.8. The molecule has 1 aromatic carbocycles. The standard InChI is InChI=1S/C19H28N2O7/c1-2-3-4-5-10-20-21-18(26)12-6-8-13(9-7-12)27-19-17(25)16(24)15(23)14(11-22)28-19/h6-10,14-17,19,22-25H,2-5,11H2,1H3,(H,21,26)/b20-10+/t14-,15-,16+,17-,19-/m1/s1. The average Bonchev–Trinajstić information content (AvgIpc) is 2.71. The predicted octanol–water partition coefficient (Wildman–Crippen LogP) is 0.161. The number of hydrogen-bond acceptors (Lipinski definition) is 8. The van der Waals surface area contributed by atoms with Crippen LogP contribution in [0.4, 0.5) is 0 Å². The summed E-state index contributed by atoms with van der Waals surface area (Å²) in [5.41, 5.74) is 2.81. The lowest BCUT2D eigenvalue weighted by Crippen LogP contribution is -2.60. The van der Waals surface area contributed by atoms with Crippen molar-refractivity contribution < 1.29 is 34.7 Å². The number of aliphatic hydroxyl groups excluding tert-OH is 4. The molecule has 0 radical (unpaired) electrons. The Morgan fingerprint density at radius 2 is 1.89 bits per heavy atom. The number of rotatable bonds is 9. The summed E-state index contributed by atoms with van der Waals surface area (Å²) in [5.74, 6) is -0.0879. The predicted molar refractivity (Wildman–Crippen MR) is 101 cm³/mol. The largest absolute Gasteiger partial charge is 0.462 e. The van der Waals surface area contributed by atoms with Crippen molar-refractivity contribution in [2.75, 3.05) is 6.61 Å². The fourth-order valence-electron chi connectivity index (χ4n) is 2.70. The molecule has 1 heterocycles. The van der Waals surface area contributed by atoms with Gasteiger partial charge in [-0.2, -0.15) is 5.10 Å². The molecule has 0 bridgehead atoms. The Balaban J connectivity index is 1.89. The highest BCUT2D eigenvalue weighted by Crippen LogP contribution is 2.24. The molecular weight excluding hydrogens is 368 g/mol. The van der Waals surface area contributed by atoms with E-state index in [1.807, 2.05) is 0 Å². The van der Waals surface area contributed by atoms with E-state index in [4.69, 9.17) is 9.47 Å². The Morgan fingerprint density at radius 3 is 2.54 bits per heavy atom. The highest BCUT2D eigenvalue weighted by atomic mass is 16.7. The highest BCUT2D eigenvalue weighted by molar-refractivity contribution is 5.94. The van der Waals surface area contributed by atoms with Gasteiger partial charge in [0.15, 0.2) is 0 Å². The summed E-state index contributed by atoms with van der Waals surface area (Å²) in [7, 11) is 0. The molecule has 0 aliphatic carbocycles. The normalized spacial score (nSPS) is 27.7. The van der Waals surface area contributed by atoms with Gasteiger partial charge >= 0.3 is 0 Å². The van der Waals surface area contributed by atoms with Crippen LogP contribution in [0.25, 0.3) is 0 Å². The van der Waals surface area contributed by atoms with Gasteiger partial charge in [0.2, 0.25) is 6.29 Å². The van der Waals surface area contributed by atoms with Gasteiger partial charge in [-0.15, -0.1) is 0 Å². The van der Waals surface area contributed by atoms with Crippen molar-refractivity contribution in [2.24, 2.45) is 5.10 Å². The molecule has 9 nitrogen and oxygen atoms in total. The number of nitrogens with one attached hydrogen (secondary N) is 1. The topological polar surface area (TPSA) is 141 Å². The van der Waals surface area contributed by atoms with Crippen LogP contribution in [0.15, 0.2) is 29.4 Å². The van der Waals surface area contributed by atoms with Gasteiger partial charge in [0.25, 0.3) is 5.91 Å². The van der Waals surface area contributed by atoms with E-state index in [2.05, 4.69) is 17.5 Å². The van der Waals surface area contributed by atoms with Crippen molar-refractivity contribution in [1.82, 2.24) is 5.43 Å². The molecule has 5 atom stereocenters. The number of carbonyl (C=O) groups excluding carboxylic acids is 1. The maximum atomic E-state index is 12.0. The Morgan fingerprint density at radius 1 is 1.18 bits per heavy atom. The SMILES string of the molecule is CCCCC/C=N/NC(=O)c1ccc(O[C@@H]2O[C@H](CO)[C@@H](O)[C@H](O)[C@H]2O)cc1. The van der Waals surface area contributed by atoms with Gasteiger partial charge in [-0.1, -0.05) is 19.8 Å². The van der Waals surface area contributed by atoms with E-state index < -0.39 is 37.3 Å². The van der Waals surface area contributed by atoms with E-state index in [9.17, 15) is 25.2 Å². The van der Waals surface area contributed by atoms with E-state index >= 15 is 0 Å². The third-order valence-corrected chi connectivity index (χ3v) is 4.41. The van der Waals surface area contributed by atoms with E-state index in [0.717, 1.165) is 25.7 Å². The van der Waals surface area contributed by atoms with Gasteiger partial charge in [0.1, 0.15) is 30.2 Å². The first-order chi connectivity index (χ1) is 13.5. The molecule has 1 aliphatic heterocycles. The van der Waals surface area contributed by atoms with Gasteiger partial charge in [-0.25, -0.2) is 5.43 Å². The molecule has 1 fully saturated rings. The van der Waals surface area contributed by atoms with Gasteiger partial charge in [-0.3, -0.25) is 4.79 Å². The maximum Gasteiger partial charge on any atom is 0.271 e. The summed E-state index contributed by atoms with van der Waals surface area (Å²) >= 11 is 0. The second-order valence-corrected chi connectivity index (χ2v) is 6.59. The van der Waals surface area contributed by atoms with Crippen LogP contribution in [0.5, 0.6) is 5.75 Å². The van der Waals surface area contributed by atoms with Crippen LogP contribution in [0.2, 0.25) is 0 Å². The van der Waals surface area contributed by atoms with Crippen molar-refractivity contribution in [3.05, 3.63) is 29.8 Å². The molecule has 0 aromatic heterocycles.